The van der Waals surface area contributed by atoms with E-state index in [0.717, 1.165) is 0 Å². The van der Waals surface area contributed by atoms with Crippen molar-refractivity contribution < 1.29 is 4.39 Å². The molecule has 7 nitrogen and oxygen atoms in total. The molecule has 0 radical (unpaired) electrons. The number of aryl methyl sites for hydroxylation is 1. The minimum Gasteiger partial charge on any atom is -0.367 e. The summed E-state index contributed by atoms with van der Waals surface area (Å²) in [6, 6.07) is 4.20. The summed E-state index contributed by atoms with van der Waals surface area (Å²) in [6.45, 7) is 5.78. The van der Waals surface area contributed by atoms with Crippen LogP contribution in [0.15, 0.2) is 24.4 Å². The number of anilines is 1. The standard InChI is InChI=1S/C18H16Cl2FN7/c1-8(2)23-18-14(11-5-4-10(21)6-13(11)19)15(20)25-17-12(7-22-28(17)18)16-24-9(3)26-27-16/h4-8,23H,1-3H3,(H,24,26,27). The number of benzene rings is 1. The van der Waals surface area contributed by atoms with Gasteiger partial charge in [0, 0.05) is 11.6 Å². The zero-order valence-electron chi connectivity index (χ0n) is 15.3. The number of nitrogens with zero attached hydrogens (tertiary/aromatic N) is 5. The molecule has 0 bridgehead atoms. The van der Waals surface area contributed by atoms with Crippen molar-refractivity contribution in [2.45, 2.75) is 26.8 Å². The maximum atomic E-state index is 13.5. The topological polar surface area (TPSA) is 83.8 Å². The van der Waals surface area contributed by atoms with Crippen molar-refractivity contribution in [1.82, 2.24) is 29.8 Å². The monoisotopic (exact) mass is 419 g/mol. The summed E-state index contributed by atoms with van der Waals surface area (Å²) in [7, 11) is 0. The molecule has 0 amide bonds. The number of hydrogen-bond donors (Lipinski definition) is 2. The van der Waals surface area contributed by atoms with E-state index in [-0.39, 0.29) is 16.2 Å². The molecule has 0 aliphatic carbocycles. The summed E-state index contributed by atoms with van der Waals surface area (Å²) in [4.78, 5) is 8.85. The maximum absolute atomic E-state index is 13.5. The van der Waals surface area contributed by atoms with Crippen LogP contribution in [0.1, 0.15) is 19.7 Å². The third-order valence-electron chi connectivity index (χ3n) is 4.07. The van der Waals surface area contributed by atoms with Crippen molar-refractivity contribution in [3.8, 4) is 22.5 Å². The fraction of sp³-hybridized carbons (Fsp3) is 0.222. The van der Waals surface area contributed by atoms with Crippen LogP contribution in [0.5, 0.6) is 0 Å². The van der Waals surface area contributed by atoms with Crippen molar-refractivity contribution >= 4 is 34.7 Å². The third kappa shape index (κ3) is 3.18. The quantitative estimate of drug-likeness (QED) is 0.466. The second kappa shape index (κ2) is 7.03. The van der Waals surface area contributed by atoms with E-state index in [2.05, 4.69) is 30.6 Å². The first-order valence-electron chi connectivity index (χ1n) is 8.53. The molecule has 4 aromatic rings. The van der Waals surface area contributed by atoms with Crippen LogP contribution in [-0.2, 0) is 0 Å². The van der Waals surface area contributed by atoms with Crippen LogP contribution in [0.2, 0.25) is 10.2 Å². The van der Waals surface area contributed by atoms with Crippen molar-refractivity contribution in [2.24, 2.45) is 0 Å². The van der Waals surface area contributed by atoms with E-state index >= 15 is 0 Å². The first-order valence-corrected chi connectivity index (χ1v) is 9.29. The Morgan fingerprint density at radius 3 is 2.61 bits per heavy atom. The van der Waals surface area contributed by atoms with Gasteiger partial charge in [-0.25, -0.2) is 14.4 Å². The number of halogens is 3. The van der Waals surface area contributed by atoms with Crippen molar-refractivity contribution in [3.05, 3.63) is 46.2 Å². The van der Waals surface area contributed by atoms with Gasteiger partial charge in [-0.3, -0.25) is 5.10 Å². The smallest absolute Gasteiger partial charge is 0.186 e. The van der Waals surface area contributed by atoms with Crippen LogP contribution in [0.25, 0.3) is 28.2 Å². The van der Waals surface area contributed by atoms with Crippen LogP contribution in [0, 0.1) is 12.7 Å². The number of hydrogen-bond acceptors (Lipinski definition) is 5. The molecular formula is C18H16Cl2FN7. The highest BCUT2D eigenvalue weighted by Gasteiger charge is 2.23. The normalized spacial score (nSPS) is 11.5. The number of aromatic nitrogens is 6. The fourth-order valence-corrected chi connectivity index (χ4v) is 3.46. The van der Waals surface area contributed by atoms with Crippen LogP contribution in [-0.4, -0.2) is 35.8 Å². The molecule has 2 N–H and O–H groups in total. The van der Waals surface area contributed by atoms with Crippen molar-refractivity contribution in [1.29, 1.82) is 0 Å². The molecule has 0 saturated carbocycles. The summed E-state index contributed by atoms with van der Waals surface area (Å²) in [5.41, 5.74) is 2.22. The molecule has 0 spiro atoms. The fourth-order valence-electron chi connectivity index (χ4n) is 2.92. The SMILES string of the molecule is Cc1nc(-c2cnn3c(NC(C)C)c(-c4ccc(F)cc4Cl)c(Cl)nc23)n[nH]1. The van der Waals surface area contributed by atoms with E-state index in [4.69, 9.17) is 23.2 Å². The minimum absolute atomic E-state index is 0.0676. The van der Waals surface area contributed by atoms with Crippen molar-refractivity contribution in [3.63, 3.8) is 0 Å². The Morgan fingerprint density at radius 1 is 1.18 bits per heavy atom. The van der Waals surface area contributed by atoms with Gasteiger partial charge in [0.1, 0.15) is 22.6 Å². The Hall–Kier alpha value is -2.71. The lowest BCUT2D eigenvalue weighted by Crippen LogP contribution is -2.15. The van der Waals surface area contributed by atoms with Gasteiger partial charge >= 0.3 is 0 Å². The largest absolute Gasteiger partial charge is 0.367 e. The van der Waals surface area contributed by atoms with E-state index in [1.807, 2.05) is 20.8 Å². The highest BCUT2D eigenvalue weighted by Crippen LogP contribution is 2.40. The van der Waals surface area contributed by atoms with Gasteiger partial charge in [0.15, 0.2) is 11.5 Å². The lowest BCUT2D eigenvalue weighted by molar-refractivity contribution is 0.628. The predicted molar refractivity (Wildman–Crippen MR) is 107 cm³/mol. The summed E-state index contributed by atoms with van der Waals surface area (Å²) >= 11 is 12.9. The van der Waals surface area contributed by atoms with Gasteiger partial charge in [-0.05, 0) is 39.0 Å². The van der Waals surface area contributed by atoms with Gasteiger partial charge in [0.05, 0.1) is 22.3 Å². The highest BCUT2D eigenvalue weighted by atomic mass is 35.5. The van der Waals surface area contributed by atoms with Crippen LogP contribution < -0.4 is 5.32 Å². The Bertz CT molecular complexity index is 1180. The third-order valence-corrected chi connectivity index (χ3v) is 4.65. The van der Waals surface area contributed by atoms with E-state index < -0.39 is 5.82 Å². The van der Waals surface area contributed by atoms with Crippen molar-refractivity contribution in [2.75, 3.05) is 5.32 Å². The predicted octanol–water partition coefficient (Wildman–Crippen LogP) is 4.76. The molecule has 0 unspecified atom stereocenters. The Morgan fingerprint density at radius 2 is 1.96 bits per heavy atom. The molecule has 3 aromatic heterocycles. The molecule has 0 aliphatic rings. The Labute approximate surface area is 169 Å². The first kappa shape index (κ1) is 18.6. The van der Waals surface area contributed by atoms with Gasteiger partial charge in [0.25, 0.3) is 0 Å². The zero-order chi connectivity index (χ0) is 20.0. The second-order valence-corrected chi connectivity index (χ2v) is 7.35. The molecule has 3 heterocycles. The van der Waals surface area contributed by atoms with Gasteiger partial charge in [-0.1, -0.05) is 23.2 Å². The average Bonchev–Trinajstić information content (AvgIpc) is 3.21. The Kier molecular flexibility index (Phi) is 4.68. The minimum atomic E-state index is -0.432. The summed E-state index contributed by atoms with van der Waals surface area (Å²) in [5, 5.41) is 15.2. The van der Waals surface area contributed by atoms with Gasteiger partial charge < -0.3 is 5.32 Å². The zero-order valence-corrected chi connectivity index (χ0v) is 16.8. The van der Waals surface area contributed by atoms with E-state index in [1.165, 1.54) is 12.1 Å². The molecule has 10 heteroatoms. The number of rotatable bonds is 4. The summed E-state index contributed by atoms with van der Waals surface area (Å²) in [6.07, 6.45) is 1.63. The van der Waals surface area contributed by atoms with Gasteiger partial charge in [-0.2, -0.15) is 14.7 Å². The molecule has 0 aliphatic heterocycles. The van der Waals surface area contributed by atoms with Crippen LogP contribution >= 0.6 is 23.2 Å². The van der Waals surface area contributed by atoms with E-state index in [9.17, 15) is 4.39 Å². The molecule has 28 heavy (non-hydrogen) atoms. The second-order valence-electron chi connectivity index (χ2n) is 6.59. The van der Waals surface area contributed by atoms with Gasteiger partial charge in [0.2, 0.25) is 0 Å². The number of nitrogens with one attached hydrogen (secondary N) is 2. The lowest BCUT2D eigenvalue weighted by Gasteiger charge is -2.18. The first-order chi connectivity index (χ1) is 13.3. The summed E-state index contributed by atoms with van der Waals surface area (Å²) < 4.78 is 15.2. The molecule has 1 aromatic carbocycles. The maximum Gasteiger partial charge on any atom is 0.186 e. The number of aromatic amines is 1. The van der Waals surface area contributed by atoms with E-state index in [0.29, 0.717) is 39.8 Å². The molecule has 0 atom stereocenters. The Balaban J connectivity index is 2.01. The number of H-pyrrole nitrogens is 1. The average molecular weight is 420 g/mol. The van der Waals surface area contributed by atoms with Crippen LogP contribution in [0.3, 0.4) is 0 Å². The number of fused-ring (bicyclic) bond motifs is 1. The van der Waals surface area contributed by atoms with E-state index in [1.54, 1.807) is 16.8 Å². The molecule has 4 rings (SSSR count). The lowest BCUT2D eigenvalue weighted by atomic mass is 10.1. The molecular weight excluding hydrogens is 404 g/mol. The molecule has 144 valence electrons. The molecule has 0 saturated heterocycles. The highest BCUT2D eigenvalue weighted by molar-refractivity contribution is 6.36. The summed E-state index contributed by atoms with van der Waals surface area (Å²) in [5.74, 6) is 1.31. The van der Waals surface area contributed by atoms with Gasteiger partial charge in [-0.15, -0.1) is 0 Å². The molecule has 0 fully saturated rings. The van der Waals surface area contributed by atoms with Crippen LogP contribution in [0.4, 0.5) is 10.2 Å².